The number of hydrogen-bond acceptors (Lipinski definition) is 4. The van der Waals surface area contributed by atoms with Gasteiger partial charge in [-0.25, -0.2) is 4.79 Å². The number of carbonyl (C=O) groups is 1. The van der Waals surface area contributed by atoms with Gasteiger partial charge in [-0.1, -0.05) is 28.1 Å². The highest BCUT2D eigenvalue weighted by Gasteiger charge is 2.50. The molecule has 2 fully saturated rings. The highest BCUT2D eigenvalue weighted by Crippen LogP contribution is 2.45. The first-order valence-electron chi connectivity index (χ1n) is 7.06. The van der Waals surface area contributed by atoms with E-state index in [1.165, 1.54) is 5.56 Å². The molecule has 108 valence electrons. The summed E-state index contributed by atoms with van der Waals surface area (Å²) in [4.78, 5) is 17.9. The van der Waals surface area contributed by atoms with E-state index in [1.807, 2.05) is 24.1 Å². The number of carbonyl (C=O) groups excluding carboxylic acids is 1. The summed E-state index contributed by atoms with van der Waals surface area (Å²) < 4.78 is 6.20. The molecular formula is C15H18BrNO3. The van der Waals surface area contributed by atoms with Gasteiger partial charge in [0.2, 0.25) is 0 Å². The second kappa shape index (κ2) is 5.84. The molecule has 0 saturated carbocycles. The number of halogens is 1. The third-order valence-corrected chi connectivity index (χ3v) is 4.53. The van der Waals surface area contributed by atoms with Crippen LogP contribution >= 0.6 is 15.9 Å². The SMILES string of the molecule is CCOC(=O)[C@@H]1ON2CCC[C@H]1[C@@H]2c1ccc(Br)cc1. The van der Waals surface area contributed by atoms with E-state index in [9.17, 15) is 4.79 Å². The number of rotatable bonds is 3. The smallest absolute Gasteiger partial charge is 0.337 e. The van der Waals surface area contributed by atoms with E-state index in [0.29, 0.717) is 6.61 Å². The normalized spacial score (nSPS) is 32.1. The van der Waals surface area contributed by atoms with Crippen molar-refractivity contribution in [3.05, 3.63) is 34.3 Å². The lowest BCUT2D eigenvalue weighted by Gasteiger charge is -2.30. The molecule has 2 saturated heterocycles. The lowest BCUT2D eigenvalue weighted by Crippen LogP contribution is -2.32. The number of esters is 1. The number of nitrogens with zero attached hydrogens (tertiary/aromatic N) is 1. The molecule has 2 aliphatic rings. The van der Waals surface area contributed by atoms with Crippen molar-refractivity contribution >= 4 is 21.9 Å². The Bertz CT molecular complexity index is 490. The molecule has 2 heterocycles. The van der Waals surface area contributed by atoms with Crippen LogP contribution in [0.4, 0.5) is 0 Å². The van der Waals surface area contributed by atoms with Crippen molar-refractivity contribution in [2.24, 2.45) is 5.92 Å². The Morgan fingerprint density at radius 2 is 2.20 bits per heavy atom. The Kier molecular flexibility index (Phi) is 4.10. The van der Waals surface area contributed by atoms with Crippen LogP contribution in [0.25, 0.3) is 0 Å². The fourth-order valence-corrected chi connectivity index (χ4v) is 3.43. The average molecular weight is 340 g/mol. The molecule has 3 rings (SSSR count). The van der Waals surface area contributed by atoms with Gasteiger partial charge in [-0.2, -0.15) is 5.06 Å². The number of benzene rings is 1. The number of hydrogen-bond donors (Lipinski definition) is 0. The summed E-state index contributed by atoms with van der Waals surface area (Å²) in [5.41, 5.74) is 1.20. The van der Waals surface area contributed by atoms with Crippen molar-refractivity contribution in [3.8, 4) is 0 Å². The lowest BCUT2D eigenvalue weighted by molar-refractivity contribution is -0.188. The third kappa shape index (κ3) is 2.50. The van der Waals surface area contributed by atoms with Crippen LogP contribution in [-0.4, -0.2) is 30.3 Å². The number of ether oxygens (including phenoxy) is 1. The monoisotopic (exact) mass is 339 g/mol. The van der Waals surface area contributed by atoms with Crippen LogP contribution < -0.4 is 0 Å². The van der Waals surface area contributed by atoms with Crippen LogP contribution in [0.2, 0.25) is 0 Å². The molecule has 4 atom stereocenters. The largest absolute Gasteiger partial charge is 0.464 e. The van der Waals surface area contributed by atoms with Crippen LogP contribution in [0.15, 0.2) is 28.7 Å². The highest BCUT2D eigenvalue weighted by atomic mass is 79.9. The van der Waals surface area contributed by atoms with E-state index >= 15 is 0 Å². The molecule has 0 spiro atoms. The highest BCUT2D eigenvalue weighted by molar-refractivity contribution is 9.10. The predicted octanol–water partition coefficient (Wildman–Crippen LogP) is 3.08. The number of fused-ring (bicyclic) bond motifs is 2. The summed E-state index contributed by atoms with van der Waals surface area (Å²) in [5.74, 6) is -0.0482. The maximum absolute atomic E-state index is 12.0. The lowest BCUT2D eigenvalue weighted by atomic mass is 9.83. The van der Waals surface area contributed by atoms with Gasteiger partial charge in [0.25, 0.3) is 0 Å². The van der Waals surface area contributed by atoms with Crippen molar-refractivity contribution in [1.82, 2.24) is 5.06 Å². The Balaban J connectivity index is 1.85. The summed E-state index contributed by atoms with van der Waals surface area (Å²) in [6.07, 6.45) is 1.61. The topological polar surface area (TPSA) is 38.8 Å². The molecule has 0 amide bonds. The fraction of sp³-hybridized carbons (Fsp3) is 0.533. The molecule has 0 radical (unpaired) electrons. The third-order valence-electron chi connectivity index (χ3n) is 4.00. The first-order chi connectivity index (χ1) is 9.70. The van der Waals surface area contributed by atoms with Gasteiger partial charge in [0, 0.05) is 16.9 Å². The molecule has 0 aromatic heterocycles. The van der Waals surface area contributed by atoms with Crippen LogP contribution in [-0.2, 0) is 14.4 Å². The molecule has 0 aliphatic carbocycles. The van der Waals surface area contributed by atoms with E-state index in [0.717, 1.165) is 23.9 Å². The second-order valence-electron chi connectivity index (χ2n) is 5.22. The van der Waals surface area contributed by atoms with Gasteiger partial charge < -0.3 is 4.74 Å². The first kappa shape index (κ1) is 14.0. The summed E-state index contributed by atoms with van der Waals surface area (Å²) in [6.45, 7) is 3.09. The summed E-state index contributed by atoms with van der Waals surface area (Å²) in [6, 6.07) is 8.41. The molecule has 2 bridgehead atoms. The molecule has 5 heteroatoms. The predicted molar refractivity (Wildman–Crippen MR) is 77.8 cm³/mol. The molecule has 1 aromatic carbocycles. The summed E-state index contributed by atoms with van der Waals surface area (Å²) >= 11 is 3.45. The van der Waals surface area contributed by atoms with Crippen LogP contribution in [0, 0.1) is 5.92 Å². The molecule has 20 heavy (non-hydrogen) atoms. The quantitative estimate of drug-likeness (QED) is 0.793. The average Bonchev–Trinajstić information content (AvgIpc) is 2.66. The number of hydroxylamine groups is 2. The minimum Gasteiger partial charge on any atom is -0.464 e. The van der Waals surface area contributed by atoms with Gasteiger partial charge in [0.1, 0.15) is 0 Å². The maximum atomic E-state index is 12.0. The van der Waals surface area contributed by atoms with E-state index < -0.39 is 6.10 Å². The Hall–Kier alpha value is -0.910. The van der Waals surface area contributed by atoms with Crippen molar-refractivity contribution in [2.75, 3.05) is 13.2 Å². The minimum atomic E-state index is -0.453. The zero-order valence-electron chi connectivity index (χ0n) is 11.4. The zero-order chi connectivity index (χ0) is 14.1. The van der Waals surface area contributed by atoms with E-state index in [-0.39, 0.29) is 17.9 Å². The van der Waals surface area contributed by atoms with Crippen molar-refractivity contribution in [1.29, 1.82) is 0 Å². The fourth-order valence-electron chi connectivity index (χ4n) is 3.17. The number of piperidine rings is 1. The Labute approximate surface area is 127 Å². The van der Waals surface area contributed by atoms with Crippen LogP contribution in [0.3, 0.4) is 0 Å². The standard InChI is InChI=1S/C15H18BrNO3/c1-2-19-15(18)14-12-4-3-9-17(20-14)13(12)10-5-7-11(16)8-6-10/h5-8,12-14H,2-4,9H2,1H3/t12-,13-,14+/m0/s1. The molecule has 1 unspecified atom stereocenters. The van der Waals surface area contributed by atoms with Crippen molar-refractivity contribution in [3.63, 3.8) is 0 Å². The first-order valence-corrected chi connectivity index (χ1v) is 7.85. The zero-order valence-corrected chi connectivity index (χ0v) is 13.0. The Morgan fingerprint density at radius 1 is 1.45 bits per heavy atom. The maximum Gasteiger partial charge on any atom is 0.337 e. The van der Waals surface area contributed by atoms with E-state index in [4.69, 9.17) is 9.57 Å². The van der Waals surface area contributed by atoms with Gasteiger partial charge in [0.05, 0.1) is 12.6 Å². The van der Waals surface area contributed by atoms with Crippen molar-refractivity contribution < 1.29 is 14.4 Å². The molecule has 1 aromatic rings. The van der Waals surface area contributed by atoms with E-state index in [2.05, 4.69) is 28.1 Å². The summed E-state index contributed by atoms with van der Waals surface area (Å²) in [7, 11) is 0. The second-order valence-corrected chi connectivity index (χ2v) is 6.14. The van der Waals surface area contributed by atoms with Gasteiger partial charge in [0.15, 0.2) is 6.10 Å². The van der Waals surface area contributed by atoms with Gasteiger partial charge in [-0.15, -0.1) is 0 Å². The molecule has 0 N–H and O–H groups in total. The van der Waals surface area contributed by atoms with Crippen LogP contribution in [0.1, 0.15) is 31.4 Å². The van der Waals surface area contributed by atoms with Gasteiger partial charge >= 0.3 is 5.97 Å². The van der Waals surface area contributed by atoms with Gasteiger partial charge in [-0.05, 0) is 37.5 Å². The Morgan fingerprint density at radius 3 is 2.90 bits per heavy atom. The van der Waals surface area contributed by atoms with E-state index in [1.54, 1.807) is 0 Å². The molecule has 4 nitrogen and oxygen atoms in total. The molecule has 2 aliphatic heterocycles. The van der Waals surface area contributed by atoms with Crippen LogP contribution in [0.5, 0.6) is 0 Å². The van der Waals surface area contributed by atoms with Gasteiger partial charge in [-0.3, -0.25) is 4.84 Å². The molecular weight excluding hydrogens is 322 g/mol. The summed E-state index contributed by atoms with van der Waals surface area (Å²) in [5, 5.41) is 1.96. The van der Waals surface area contributed by atoms with Crippen molar-refractivity contribution in [2.45, 2.75) is 31.9 Å². The minimum absolute atomic E-state index is 0.159.